The lowest BCUT2D eigenvalue weighted by atomic mass is 10.1. The minimum atomic E-state index is -1.23. The highest BCUT2D eigenvalue weighted by molar-refractivity contribution is 6.35. The molecule has 5 rings (SSSR count). The molecule has 0 radical (unpaired) electrons. The second-order valence-electron chi connectivity index (χ2n) is 9.21. The zero-order valence-electron chi connectivity index (χ0n) is 22.9. The molecular formula is C32H24ClN5O5. The molecule has 1 unspecified atom stereocenters. The molecule has 4 aromatic rings. The summed E-state index contributed by atoms with van der Waals surface area (Å²) in [7, 11) is 0. The first kappa shape index (κ1) is 29.0. The molecule has 0 saturated heterocycles. The Labute approximate surface area is 252 Å². The average molecular weight is 594 g/mol. The highest BCUT2D eigenvalue weighted by Crippen LogP contribution is 2.37. The maximum atomic E-state index is 13.0. The lowest BCUT2D eigenvalue weighted by Crippen LogP contribution is -2.29. The van der Waals surface area contributed by atoms with Crippen molar-refractivity contribution in [1.29, 1.82) is 5.26 Å². The van der Waals surface area contributed by atoms with E-state index in [0.717, 1.165) is 10.6 Å². The summed E-state index contributed by atoms with van der Waals surface area (Å²) in [6.07, 6.45) is 2.87. The second-order valence-corrected chi connectivity index (χ2v) is 9.61. The molecule has 1 N–H and O–H groups in total. The van der Waals surface area contributed by atoms with Gasteiger partial charge in [-0.3, -0.25) is 24.4 Å². The van der Waals surface area contributed by atoms with Crippen molar-refractivity contribution in [3.05, 3.63) is 107 Å². The number of pyridine rings is 1. The Bertz CT molecular complexity index is 1730. The first-order valence-corrected chi connectivity index (χ1v) is 13.6. The lowest BCUT2D eigenvalue weighted by Gasteiger charge is -2.18. The van der Waals surface area contributed by atoms with E-state index in [0.29, 0.717) is 28.3 Å². The summed E-state index contributed by atoms with van der Waals surface area (Å²) in [6, 6.07) is 23.4. The molecule has 0 fully saturated rings. The number of aliphatic imine (C=N–C) groups is 1. The number of carbonyl (C=O) groups is 3. The van der Waals surface area contributed by atoms with Crippen LogP contribution in [0.1, 0.15) is 33.3 Å². The van der Waals surface area contributed by atoms with Crippen LogP contribution >= 0.6 is 11.6 Å². The number of fused-ring (bicyclic) bond motifs is 1. The van der Waals surface area contributed by atoms with Gasteiger partial charge >= 0.3 is 0 Å². The van der Waals surface area contributed by atoms with Gasteiger partial charge in [0.1, 0.15) is 18.1 Å². The lowest BCUT2D eigenvalue weighted by molar-refractivity contribution is -0.116. The van der Waals surface area contributed by atoms with Crippen molar-refractivity contribution in [3.8, 4) is 17.6 Å². The fourth-order valence-electron chi connectivity index (χ4n) is 4.32. The average Bonchev–Trinajstić information content (AvgIpc) is 3.27. The maximum absolute atomic E-state index is 13.0. The van der Waals surface area contributed by atoms with Crippen molar-refractivity contribution in [2.24, 2.45) is 10.9 Å². The van der Waals surface area contributed by atoms with Crippen molar-refractivity contribution in [2.75, 3.05) is 16.8 Å². The number of ether oxygens (including phenoxy) is 2. The number of hydrogen-bond acceptors (Lipinski definition) is 8. The van der Waals surface area contributed by atoms with Crippen LogP contribution in [0.4, 0.5) is 17.1 Å². The number of nitrogens with one attached hydrogen (secondary N) is 1. The van der Waals surface area contributed by atoms with Crippen molar-refractivity contribution in [2.45, 2.75) is 13.5 Å². The molecule has 1 aliphatic heterocycles. The van der Waals surface area contributed by atoms with Crippen molar-refractivity contribution in [3.63, 3.8) is 0 Å². The van der Waals surface area contributed by atoms with Crippen molar-refractivity contribution >= 4 is 52.6 Å². The van der Waals surface area contributed by atoms with Gasteiger partial charge in [0, 0.05) is 24.2 Å². The number of nitriles is 1. The quantitative estimate of drug-likeness (QED) is 0.176. The number of imide groups is 1. The number of amides is 3. The van der Waals surface area contributed by atoms with Gasteiger partial charge in [0.05, 0.1) is 45.9 Å². The van der Waals surface area contributed by atoms with E-state index in [1.807, 2.05) is 24.3 Å². The van der Waals surface area contributed by atoms with Gasteiger partial charge in [0.2, 0.25) is 5.91 Å². The summed E-state index contributed by atoms with van der Waals surface area (Å²) in [4.78, 5) is 48.3. The predicted octanol–water partition coefficient (Wildman–Crippen LogP) is 5.99. The minimum absolute atomic E-state index is 0.226. The van der Waals surface area contributed by atoms with Crippen LogP contribution in [-0.2, 0) is 11.4 Å². The van der Waals surface area contributed by atoms with Crippen LogP contribution in [-0.4, -0.2) is 35.5 Å². The highest BCUT2D eigenvalue weighted by Gasteiger charge is 2.37. The van der Waals surface area contributed by atoms with Gasteiger partial charge in [-0.2, -0.15) is 5.26 Å². The van der Waals surface area contributed by atoms with E-state index in [2.05, 4.69) is 15.3 Å². The Balaban J connectivity index is 1.27. The maximum Gasteiger partial charge on any atom is 0.266 e. The van der Waals surface area contributed by atoms with E-state index in [1.54, 1.807) is 61.7 Å². The van der Waals surface area contributed by atoms with Gasteiger partial charge in [-0.05, 0) is 61.5 Å². The van der Waals surface area contributed by atoms with Gasteiger partial charge in [0.15, 0.2) is 5.92 Å². The smallest absolute Gasteiger partial charge is 0.266 e. The summed E-state index contributed by atoms with van der Waals surface area (Å²) < 4.78 is 11.4. The molecule has 0 bridgehead atoms. The fraction of sp³-hybridized carbons (Fsp3) is 0.125. The van der Waals surface area contributed by atoms with Crippen molar-refractivity contribution in [1.82, 2.24) is 4.98 Å². The number of anilines is 2. The number of benzene rings is 3. The van der Waals surface area contributed by atoms with Crippen LogP contribution in [0.25, 0.3) is 0 Å². The largest absolute Gasteiger partial charge is 0.492 e. The summed E-state index contributed by atoms with van der Waals surface area (Å²) in [6.45, 7) is 2.26. The first-order valence-electron chi connectivity index (χ1n) is 13.2. The number of rotatable bonds is 10. The molecule has 0 spiro atoms. The molecule has 1 aliphatic rings. The third-order valence-corrected chi connectivity index (χ3v) is 6.67. The number of nitrogens with zero attached hydrogens (tertiary/aromatic N) is 4. The molecule has 11 heteroatoms. The molecular weight excluding hydrogens is 570 g/mol. The topological polar surface area (TPSA) is 134 Å². The molecule has 10 nitrogen and oxygen atoms in total. The van der Waals surface area contributed by atoms with Crippen LogP contribution < -0.4 is 19.7 Å². The standard InChI is InChI=1S/C32H24ClN5O5/c1-2-42-29-16-21(10-12-27(29)38-31(40)24-8-3-4-9-25(24)32(38)41)36-18-20(17-34)30(39)37-22-11-13-28(26(33)15-22)43-19-23-7-5-6-14-35-23/h3-16,18,20H,2,19H2,1H3,(H,37,39). The van der Waals surface area contributed by atoms with E-state index in [1.165, 1.54) is 18.3 Å². The Morgan fingerprint density at radius 3 is 2.42 bits per heavy atom. The zero-order valence-corrected chi connectivity index (χ0v) is 23.6. The highest BCUT2D eigenvalue weighted by atomic mass is 35.5. The number of hydrogen-bond donors (Lipinski definition) is 1. The molecule has 214 valence electrons. The number of aromatic nitrogens is 1. The summed E-state index contributed by atoms with van der Waals surface area (Å²) in [5.74, 6) is -2.08. The van der Waals surface area contributed by atoms with E-state index >= 15 is 0 Å². The first-order chi connectivity index (χ1) is 20.9. The molecule has 3 aromatic carbocycles. The molecule has 0 saturated carbocycles. The molecule has 0 aliphatic carbocycles. The fourth-order valence-corrected chi connectivity index (χ4v) is 4.55. The third-order valence-electron chi connectivity index (χ3n) is 6.37. The van der Waals surface area contributed by atoms with E-state index < -0.39 is 23.6 Å². The van der Waals surface area contributed by atoms with Gasteiger partial charge in [-0.1, -0.05) is 29.8 Å². The molecule has 43 heavy (non-hydrogen) atoms. The zero-order chi connectivity index (χ0) is 30.3. The van der Waals surface area contributed by atoms with Gasteiger partial charge in [-0.15, -0.1) is 0 Å². The minimum Gasteiger partial charge on any atom is -0.492 e. The van der Waals surface area contributed by atoms with E-state index in [4.69, 9.17) is 21.1 Å². The number of carbonyl (C=O) groups excluding carboxylic acids is 3. The van der Waals surface area contributed by atoms with Gasteiger partial charge in [-0.25, -0.2) is 4.90 Å². The molecule has 1 aromatic heterocycles. The van der Waals surface area contributed by atoms with Crippen LogP contribution in [0.15, 0.2) is 90.1 Å². The summed E-state index contributed by atoms with van der Waals surface area (Å²) in [5, 5.41) is 12.6. The Kier molecular flexibility index (Phi) is 8.74. The molecule has 2 heterocycles. The van der Waals surface area contributed by atoms with Crippen molar-refractivity contribution < 1.29 is 23.9 Å². The Morgan fingerprint density at radius 2 is 1.77 bits per heavy atom. The Hall–Kier alpha value is -5.53. The van der Waals surface area contributed by atoms with Gasteiger partial charge in [0.25, 0.3) is 11.8 Å². The summed E-state index contributed by atoms with van der Waals surface area (Å²) in [5.41, 5.74) is 2.36. The monoisotopic (exact) mass is 593 g/mol. The Morgan fingerprint density at radius 1 is 1.02 bits per heavy atom. The molecule has 3 amide bonds. The van der Waals surface area contributed by atoms with Crippen LogP contribution in [0.2, 0.25) is 5.02 Å². The van der Waals surface area contributed by atoms with E-state index in [9.17, 15) is 19.6 Å². The van der Waals surface area contributed by atoms with Crippen LogP contribution in [0.5, 0.6) is 11.5 Å². The summed E-state index contributed by atoms with van der Waals surface area (Å²) >= 11 is 6.33. The second kappa shape index (κ2) is 13.0. The molecule has 1 atom stereocenters. The third kappa shape index (κ3) is 6.37. The predicted molar refractivity (Wildman–Crippen MR) is 161 cm³/mol. The number of halogens is 1. The normalized spacial score (nSPS) is 13.0. The van der Waals surface area contributed by atoms with Gasteiger partial charge < -0.3 is 14.8 Å². The SMILES string of the molecule is CCOc1cc(N=CC(C#N)C(=O)Nc2ccc(OCc3ccccn3)c(Cl)c2)ccc1N1C(=O)c2ccccc2C1=O. The van der Waals surface area contributed by atoms with Crippen LogP contribution in [0, 0.1) is 17.2 Å². The van der Waals surface area contributed by atoms with Crippen LogP contribution in [0.3, 0.4) is 0 Å². The van der Waals surface area contributed by atoms with E-state index in [-0.39, 0.29) is 29.7 Å².